The highest BCUT2D eigenvalue weighted by Crippen LogP contribution is 2.29. The number of aliphatic imine (C=N–C) groups is 1. The molecule has 180 valence electrons. The highest BCUT2D eigenvalue weighted by Gasteiger charge is 2.09. The molecule has 0 fully saturated rings. The summed E-state index contributed by atoms with van der Waals surface area (Å²) < 4.78 is 11.1. The summed E-state index contributed by atoms with van der Waals surface area (Å²) in [6.07, 6.45) is 10.5. The fourth-order valence-electron chi connectivity index (χ4n) is 3.22. The van der Waals surface area contributed by atoms with E-state index in [1.165, 1.54) is 43.7 Å². The van der Waals surface area contributed by atoms with Crippen molar-refractivity contribution in [2.45, 2.75) is 85.2 Å². The Morgan fingerprint density at radius 3 is 2.47 bits per heavy atom. The minimum absolute atomic E-state index is 0.0466. The first kappa shape index (κ1) is 27.9. The number of nitrogens with zero attached hydrogens (tertiary/aromatic N) is 1. The topological polar surface area (TPSA) is 71.3 Å². The molecule has 0 aliphatic rings. The molecule has 2 N–H and O–H groups in total. The van der Waals surface area contributed by atoms with E-state index >= 15 is 0 Å². The SMILES string of the molecule is C=C(N=C/C(C)=C(\C)CCC)c1ccc(OCC(O)COCCCCCCCC)cc1O. The number of rotatable bonds is 17. The van der Waals surface area contributed by atoms with E-state index < -0.39 is 6.10 Å². The molecule has 1 aromatic carbocycles. The molecule has 1 atom stereocenters. The molecule has 0 saturated heterocycles. The van der Waals surface area contributed by atoms with Gasteiger partial charge >= 0.3 is 0 Å². The first-order valence-corrected chi connectivity index (χ1v) is 12.0. The summed E-state index contributed by atoms with van der Waals surface area (Å²) in [7, 11) is 0. The molecule has 0 spiro atoms. The summed E-state index contributed by atoms with van der Waals surface area (Å²) in [6, 6.07) is 4.99. The van der Waals surface area contributed by atoms with E-state index in [1.807, 2.05) is 6.92 Å². The molecule has 5 nitrogen and oxygen atoms in total. The summed E-state index contributed by atoms with van der Waals surface area (Å²) in [5.41, 5.74) is 3.45. The van der Waals surface area contributed by atoms with Gasteiger partial charge in [0.1, 0.15) is 24.2 Å². The Morgan fingerprint density at radius 1 is 1.06 bits per heavy atom. The van der Waals surface area contributed by atoms with Crippen LogP contribution in [0.2, 0.25) is 0 Å². The van der Waals surface area contributed by atoms with Crippen molar-refractivity contribution in [3.05, 3.63) is 41.5 Å². The lowest BCUT2D eigenvalue weighted by Gasteiger charge is -2.14. The van der Waals surface area contributed by atoms with Crippen molar-refractivity contribution >= 4 is 11.9 Å². The van der Waals surface area contributed by atoms with E-state index in [9.17, 15) is 10.2 Å². The average Bonchev–Trinajstić information content (AvgIpc) is 2.77. The van der Waals surface area contributed by atoms with Crippen LogP contribution in [0, 0.1) is 0 Å². The monoisotopic (exact) mass is 445 g/mol. The number of aromatic hydroxyl groups is 1. The van der Waals surface area contributed by atoms with Crippen molar-refractivity contribution in [1.82, 2.24) is 0 Å². The van der Waals surface area contributed by atoms with E-state index in [0.29, 0.717) is 23.6 Å². The van der Waals surface area contributed by atoms with Crippen LogP contribution in [-0.2, 0) is 4.74 Å². The van der Waals surface area contributed by atoms with Crippen LogP contribution in [0.3, 0.4) is 0 Å². The zero-order valence-electron chi connectivity index (χ0n) is 20.5. The van der Waals surface area contributed by atoms with Crippen LogP contribution < -0.4 is 4.74 Å². The van der Waals surface area contributed by atoms with Crippen molar-refractivity contribution in [2.24, 2.45) is 4.99 Å². The molecular weight excluding hydrogens is 402 g/mol. The van der Waals surface area contributed by atoms with Crippen LogP contribution in [0.5, 0.6) is 11.5 Å². The third-order valence-electron chi connectivity index (χ3n) is 5.39. The largest absolute Gasteiger partial charge is 0.507 e. The Kier molecular flexibility index (Phi) is 14.4. The lowest BCUT2D eigenvalue weighted by atomic mass is 10.1. The van der Waals surface area contributed by atoms with Gasteiger partial charge in [0, 0.05) is 24.5 Å². The highest BCUT2D eigenvalue weighted by atomic mass is 16.5. The van der Waals surface area contributed by atoms with Gasteiger partial charge in [-0.1, -0.05) is 64.5 Å². The number of ether oxygens (including phenoxy) is 2. The summed E-state index contributed by atoms with van der Waals surface area (Å²) in [5.74, 6) is 0.526. The second-order valence-corrected chi connectivity index (χ2v) is 8.40. The molecule has 0 aromatic heterocycles. The fraction of sp³-hybridized carbons (Fsp3) is 0.593. The lowest BCUT2D eigenvalue weighted by Crippen LogP contribution is -2.23. The van der Waals surface area contributed by atoms with Crippen molar-refractivity contribution < 1.29 is 19.7 Å². The van der Waals surface area contributed by atoms with Gasteiger partial charge in [0.15, 0.2) is 0 Å². The molecule has 0 aliphatic heterocycles. The van der Waals surface area contributed by atoms with Crippen LogP contribution in [-0.4, -0.2) is 42.4 Å². The third-order valence-corrected chi connectivity index (χ3v) is 5.39. The number of aliphatic hydroxyl groups excluding tert-OH is 1. The minimum Gasteiger partial charge on any atom is -0.507 e. The number of hydrogen-bond donors (Lipinski definition) is 2. The zero-order valence-corrected chi connectivity index (χ0v) is 20.5. The van der Waals surface area contributed by atoms with Crippen LogP contribution >= 0.6 is 0 Å². The predicted molar refractivity (Wildman–Crippen MR) is 135 cm³/mol. The molecule has 0 radical (unpaired) electrons. The Morgan fingerprint density at radius 2 is 1.78 bits per heavy atom. The molecule has 0 heterocycles. The number of aliphatic hydroxyl groups is 1. The Hall–Kier alpha value is -2.11. The maximum atomic E-state index is 10.3. The zero-order chi connectivity index (χ0) is 23.8. The fourth-order valence-corrected chi connectivity index (χ4v) is 3.22. The summed E-state index contributed by atoms with van der Waals surface area (Å²) >= 11 is 0. The summed E-state index contributed by atoms with van der Waals surface area (Å²) in [6.45, 7) is 13.5. The molecule has 0 bridgehead atoms. The molecule has 32 heavy (non-hydrogen) atoms. The number of unbranched alkanes of at least 4 members (excludes halogenated alkanes) is 5. The predicted octanol–water partition coefficient (Wildman–Crippen LogP) is 6.69. The van der Waals surface area contributed by atoms with E-state index in [-0.39, 0.29) is 19.0 Å². The molecular formula is C27H43NO4. The second-order valence-electron chi connectivity index (χ2n) is 8.40. The maximum absolute atomic E-state index is 10.3. The van der Waals surface area contributed by atoms with Gasteiger partial charge in [0.25, 0.3) is 0 Å². The Labute approximate surface area is 194 Å². The second kappa shape index (κ2) is 16.5. The van der Waals surface area contributed by atoms with Gasteiger partial charge in [0.2, 0.25) is 0 Å². The number of hydrogen-bond acceptors (Lipinski definition) is 5. The quantitative estimate of drug-likeness (QED) is 0.207. The van der Waals surface area contributed by atoms with E-state index in [0.717, 1.165) is 24.8 Å². The van der Waals surface area contributed by atoms with Crippen LogP contribution in [0.1, 0.15) is 84.6 Å². The van der Waals surface area contributed by atoms with Gasteiger partial charge in [-0.2, -0.15) is 0 Å². The van der Waals surface area contributed by atoms with E-state index in [4.69, 9.17) is 9.47 Å². The molecule has 1 rings (SSSR count). The molecule has 0 aliphatic carbocycles. The van der Waals surface area contributed by atoms with Crippen LogP contribution in [0.4, 0.5) is 0 Å². The van der Waals surface area contributed by atoms with Crippen molar-refractivity contribution in [3.8, 4) is 11.5 Å². The molecule has 1 unspecified atom stereocenters. The summed E-state index contributed by atoms with van der Waals surface area (Å²) in [5, 5.41) is 20.4. The van der Waals surface area contributed by atoms with Gasteiger partial charge in [-0.05, 0) is 44.4 Å². The Balaban J connectivity index is 2.41. The first-order chi connectivity index (χ1) is 15.4. The lowest BCUT2D eigenvalue weighted by molar-refractivity contribution is 0.0109. The molecule has 0 amide bonds. The van der Waals surface area contributed by atoms with Crippen molar-refractivity contribution in [1.29, 1.82) is 0 Å². The van der Waals surface area contributed by atoms with Gasteiger partial charge in [-0.25, -0.2) is 0 Å². The van der Waals surface area contributed by atoms with Gasteiger partial charge in [-0.15, -0.1) is 0 Å². The maximum Gasteiger partial charge on any atom is 0.128 e. The first-order valence-electron chi connectivity index (χ1n) is 12.0. The van der Waals surface area contributed by atoms with Gasteiger partial charge in [-0.3, -0.25) is 4.99 Å². The number of allylic oxidation sites excluding steroid dienone is 2. The standard InChI is InChI=1S/C27H43NO4/c1-6-8-9-10-11-12-16-31-19-24(29)20-32-25-14-15-26(27(30)17-25)23(5)28-18-22(4)21(3)13-7-2/h14-15,17-18,24,29-30H,5-13,16,19-20H2,1-4H3/b22-21+,28-18?. The van der Waals surface area contributed by atoms with E-state index in [1.54, 1.807) is 18.3 Å². The summed E-state index contributed by atoms with van der Waals surface area (Å²) in [4.78, 5) is 4.40. The number of phenols is 1. The smallest absolute Gasteiger partial charge is 0.128 e. The molecule has 5 heteroatoms. The number of phenolic OH excluding ortho intramolecular Hbond substituents is 1. The van der Waals surface area contributed by atoms with E-state index in [2.05, 4.69) is 32.3 Å². The van der Waals surface area contributed by atoms with Gasteiger partial charge in [0.05, 0.1) is 12.3 Å². The van der Waals surface area contributed by atoms with Crippen LogP contribution in [0.25, 0.3) is 5.70 Å². The van der Waals surface area contributed by atoms with Crippen molar-refractivity contribution in [2.75, 3.05) is 19.8 Å². The molecule has 1 aromatic rings. The Bertz CT molecular complexity index is 739. The molecule has 0 saturated carbocycles. The number of benzene rings is 1. The third kappa shape index (κ3) is 11.5. The normalized spacial score (nSPS) is 13.3. The van der Waals surface area contributed by atoms with Gasteiger partial charge < -0.3 is 19.7 Å². The minimum atomic E-state index is -0.711. The average molecular weight is 446 g/mol. The highest BCUT2D eigenvalue weighted by molar-refractivity contribution is 5.85. The van der Waals surface area contributed by atoms with Crippen LogP contribution in [0.15, 0.2) is 40.9 Å². The van der Waals surface area contributed by atoms with Crippen molar-refractivity contribution in [3.63, 3.8) is 0 Å².